The number of fused-ring (bicyclic) bond motifs is 1. The van der Waals surface area contributed by atoms with E-state index in [1.54, 1.807) is 36.5 Å². The maximum atomic E-state index is 14.1. The lowest BCUT2D eigenvalue weighted by molar-refractivity contribution is 0.0383. The maximum absolute atomic E-state index is 14.1. The van der Waals surface area contributed by atoms with E-state index in [2.05, 4.69) is 30.7 Å². The highest BCUT2D eigenvalue weighted by atomic mass is 16.5. The normalized spacial score (nSPS) is 15.4. The summed E-state index contributed by atoms with van der Waals surface area (Å²) in [6.07, 6.45) is 3.44. The lowest BCUT2D eigenvalue weighted by Crippen LogP contribution is -2.42. The molecule has 0 saturated carbocycles. The molecule has 51 heavy (non-hydrogen) atoms. The van der Waals surface area contributed by atoms with Gasteiger partial charge in [0.05, 0.1) is 37.5 Å². The van der Waals surface area contributed by atoms with Crippen LogP contribution in [0.3, 0.4) is 0 Å². The third-order valence-electron chi connectivity index (χ3n) is 9.22. The van der Waals surface area contributed by atoms with Crippen LogP contribution in [0.4, 0.5) is 16.3 Å². The molecule has 0 spiro atoms. The molecule has 3 aromatic heterocycles. The molecule has 2 aliphatic heterocycles. The van der Waals surface area contributed by atoms with Gasteiger partial charge in [-0.2, -0.15) is 0 Å². The second-order valence-electron chi connectivity index (χ2n) is 12.7. The Morgan fingerprint density at radius 2 is 1.59 bits per heavy atom. The molecule has 3 N–H and O–H groups in total. The zero-order valence-electron chi connectivity index (χ0n) is 29.4. The lowest BCUT2D eigenvalue weighted by atomic mass is 10.1. The Morgan fingerprint density at radius 3 is 2.24 bits per heavy atom. The number of benzene rings is 1. The predicted molar refractivity (Wildman–Crippen MR) is 197 cm³/mol. The van der Waals surface area contributed by atoms with Crippen molar-refractivity contribution in [3.05, 3.63) is 82.3 Å². The molecule has 0 aliphatic carbocycles. The first-order valence-corrected chi connectivity index (χ1v) is 17.6. The molecular formula is C37H47N9O5. The molecule has 3 amide bonds. The van der Waals surface area contributed by atoms with Crippen molar-refractivity contribution in [3.8, 4) is 11.3 Å². The van der Waals surface area contributed by atoms with Crippen molar-refractivity contribution in [2.45, 2.75) is 20.0 Å². The number of nitrogens with one attached hydrogen (secondary N) is 3. The summed E-state index contributed by atoms with van der Waals surface area (Å²) in [5.74, 6) is 0.0595. The van der Waals surface area contributed by atoms with Crippen LogP contribution in [-0.4, -0.2) is 127 Å². The van der Waals surface area contributed by atoms with E-state index in [4.69, 9.17) is 14.5 Å². The number of amides is 3. The van der Waals surface area contributed by atoms with E-state index in [1.165, 1.54) is 0 Å². The molecule has 2 fully saturated rings. The van der Waals surface area contributed by atoms with Gasteiger partial charge in [0, 0.05) is 96.1 Å². The number of pyridine rings is 3. The highest BCUT2D eigenvalue weighted by molar-refractivity contribution is 6.02. The number of anilines is 2. The summed E-state index contributed by atoms with van der Waals surface area (Å²) in [6.45, 7) is 11.3. The van der Waals surface area contributed by atoms with Crippen LogP contribution < -0.4 is 21.4 Å². The number of nitrogens with zero attached hydrogens (tertiary/aromatic N) is 6. The number of rotatable bonds is 13. The Morgan fingerprint density at radius 1 is 0.902 bits per heavy atom. The van der Waals surface area contributed by atoms with Gasteiger partial charge in [-0.3, -0.25) is 24.4 Å². The molecule has 2 aliphatic rings. The van der Waals surface area contributed by atoms with Gasteiger partial charge in [-0.1, -0.05) is 18.2 Å². The summed E-state index contributed by atoms with van der Waals surface area (Å²) in [6, 6.07) is 14.5. The Hall–Kier alpha value is -4.89. The second-order valence-corrected chi connectivity index (χ2v) is 12.7. The van der Waals surface area contributed by atoms with Crippen LogP contribution in [0.2, 0.25) is 0 Å². The topological polar surface area (TPSA) is 146 Å². The van der Waals surface area contributed by atoms with E-state index >= 15 is 0 Å². The molecule has 6 rings (SSSR count). The third-order valence-corrected chi connectivity index (χ3v) is 9.22. The van der Waals surface area contributed by atoms with Crippen molar-refractivity contribution in [1.29, 1.82) is 0 Å². The van der Waals surface area contributed by atoms with Gasteiger partial charge in [0.2, 0.25) is 5.43 Å². The van der Waals surface area contributed by atoms with Gasteiger partial charge in [-0.25, -0.2) is 9.78 Å². The van der Waals surface area contributed by atoms with Crippen LogP contribution in [0.15, 0.2) is 65.7 Å². The van der Waals surface area contributed by atoms with Crippen LogP contribution in [0, 0.1) is 0 Å². The van der Waals surface area contributed by atoms with Gasteiger partial charge in [-0.05, 0) is 42.8 Å². The highest BCUT2D eigenvalue weighted by Gasteiger charge is 2.24. The van der Waals surface area contributed by atoms with Crippen LogP contribution in [0.5, 0.6) is 0 Å². The zero-order valence-corrected chi connectivity index (χ0v) is 29.4. The van der Waals surface area contributed by atoms with E-state index in [-0.39, 0.29) is 17.0 Å². The number of carbonyl (C=O) groups is 2. The average molecular weight is 698 g/mol. The molecule has 2 saturated heterocycles. The van der Waals surface area contributed by atoms with Crippen molar-refractivity contribution >= 4 is 34.5 Å². The molecule has 5 heterocycles. The minimum atomic E-state index is -0.404. The quantitative estimate of drug-likeness (QED) is 0.191. The van der Waals surface area contributed by atoms with E-state index in [0.29, 0.717) is 87.4 Å². The van der Waals surface area contributed by atoms with Crippen molar-refractivity contribution in [1.82, 2.24) is 34.6 Å². The standard InChI is InChI=1S/C37H47N9O5/c1-3-46-34-30(10-11-31(42-34)28-6-8-29(9-7-28)41-37(49)43(2)26-27-5-4-12-38-25-27)33(47)32(35(46)39-13-15-44-17-21-50-22-18-44)36(48)40-14-16-45-19-23-51-24-20-45/h4-12,25,39H,3,13-24,26H2,1-2H3,(H,40,48)(H,41,49). The fourth-order valence-electron chi connectivity index (χ4n) is 6.36. The number of ether oxygens (including phenoxy) is 2. The van der Waals surface area contributed by atoms with Gasteiger partial charge >= 0.3 is 6.03 Å². The molecule has 0 unspecified atom stereocenters. The van der Waals surface area contributed by atoms with E-state index in [1.807, 2.05) is 47.9 Å². The van der Waals surface area contributed by atoms with Gasteiger partial charge in [0.25, 0.3) is 5.91 Å². The molecule has 14 nitrogen and oxygen atoms in total. The third kappa shape index (κ3) is 9.08. The second kappa shape index (κ2) is 17.4. The van der Waals surface area contributed by atoms with Crippen molar-refractivity contribution in [3.63, 3.8) is 0 Å². The first-order valence-electron chi connectivity index (χ1n) is 17.6. The number of hydrogen-bond donors (Lipinski definition) is 3. The van der Waals surface area contributed by atoms with E-state index in [0.717, 1.165) is 43.9 Å². The molecular weight excluding hydrogens is 650 g/mol. The Balaban J connectivity index is 1.23. The summed E-state index contributed by atoms with van der Waals surface area (Å²) in [5, 5.41) is 9.75. The molecule has 14 heteroatoms. The summed E-state index contributed by atoms with van der Waals surface area (Å²) in [5.41, 5.74) is 3.29. The van der Waals surface area contributed by atoms with E-state index in [9.17, 15) is 14.4 Å². The Kier molecular flexibility index (Phi) is 12.2. The highest BCUT2D eigenvalue weighted by Crippen LogP contribution is 2.25. The summed E-state index contributed by atoms with van der Waals surface area (Å²) in [7, 11) is 1.73. The van der Waals surface area contributed by atoms with Crippen LogP contribution in [0.1, 0.15) is 22.8 Å². The van der Waals surface area contributed by atoms with Crippen molar-refractivity contribution < 1.29 is 19.1 Å². The number of aromatic nitrogens is 3. The minimum Gasteiger partial charge on any atom is -0.379 e. The first kappa shape index (κ1) is 35.9. The monoisotopic (exact) mass is 697 g/mol. The molecule has 1 aromatic carbocycles. The lowest BCUT2D eigenvalue weighted by Gasteiger charge is -2.27. The first-order chi connectivity index (χ1) is 24.9. The van der Waals surface area contributed by atoms with Gasteiger partial charge in [0.1, 0.15) is 17.0 Å². The smallest absolute Gasteiger partial charge is 0.321 e. The SMILES string of the molecule is CCn1c(NCCN2CCOCC2)c(C(=O)NCCN2CCOCC2)c(=O)c2ccc(-c3ccc(NC(=O)N(C)Cc4cccnc4)cc3)nc21. The Labute approximate surface area is 297 Å². The average Bonchev–Trinajstić information content (AvgIpc) is 3.16. The van der Waals surface area contributed by atoms with Crippen LogP contribution >= 0.6 is 0 Å². The number of morpholine rings is 2. The number of carbonyl (C=O) groups excluding carboxylic acids is 2. The Bertz CT molecular complexity index is 1840. The maximum Gasteiger partial charge on any atom is 0.321 e. The van der Waals surface area contributed by atoms with E-state index < -0.39 is 5.91 Å². The number of urea groups is 1. The molecule has 0 bridgehead atoms. The molecule has 270 valence electrons. The molecule has 0 radical (unpaired) electrons. The number of aryl methyl sites for hydroxylation is 1. The fraction of sp³-hybridized carbons (Fsp3) is 0.432. The molecule has 4 aromatic rings. The summed E-state index contributed by atoms with van der Waals surface area (Å²) >= 11 is 0. The fourth-order valence-corrected chi connectivity index (χ4v) is 6.36. The van der Waals surface area contributed by atoms with Crippen molar-refractivity contribution in [2.75, 3.05) is 96.5 Å². The largest absolute Gasteiger partial charge is 0.379 e. The van der Waals surface area contributed by atoms with Crippen LogP contribution in [-0.2, 0) is 22.6 Å². The minimum absolute atomic E-state index is 0.0939. The number of hydrogen-bond acceptors (Lipinski definition) is 10. The zero-order chi connectivity index (χ0) is 35.6. The van der Waals surface area contributed by atoms with Gasteiger partial charge in [-0.15, -0.1) is 0 Å². The predicted octanol–water partition coefficient (Wildman–Crippen LogP) is 2.95. The van der Waals surface area contributed by atoms with Gasteiger partial charge < -0.3 is 34.9 Å². The summed E-state index contributed by atoms with van der Waals surface area (Å²) < 4.78 is 12.9. The van der Waals surface area contributed by atoms with Gasteiger partial charge in [0.15, 0.2) is 0 Å². The van der Waals surface area contributed by atoms with Crippen LogP contribution in [0.25, 0.3) is 22.3 Å². The summed E-state index contributed by atoms with van der Waals surface area (Å²) in [4.78, 5) is 55.9. The van der Waals surface area contributed by atoms with Crippen molar-refractivity contribution in [2.24, 2.45) is 0 Å². The molecule has 0 atom stereocenters.